The molecule has 1 saturated heterocycles. The molecule has 0 amide bonds. The zero-order valence-electron chi connectivity index (χ0n) is 14.4. The number of nitrogens with zero attached hydrogens (tertiary/aromatic N) is 2. The van der Waals surface area contributed by atoms with Crippen LogP contribution >= 0.6 is 0 Å². The van der Waals surface area contributed by atoms with E-state index in [1.54, 1.807) is 4.31 Å². The standard InChI is InChI=1S/C15H32N4O2S/c1-5-16-15(17-9-6-13(2)3)18-12-14-7-10-19(11-8-14)22(4,20)21/h13-14H,5-12H2,1-4H3,(H2,16,17,18). The maximum absolute atomic E-state index is 11.5. The van der Waals surface area contributed by atoms with Gasteiger partial charge in [-0.05, 0) is 38.0 Å². The van der Waals surface area contributed by atoms with Gasteiger partial charge in [-0.1, -0.05) is 13.8 Å². The largest absolute Gasteiger partial charge is 0.357 e. The topological polar surface area (TPSA) is 73.8 Å². The first-order valence-corrected chi connectivity index (χ1v) is 10.1. The molecule has 0 saturated carbocycles. The minimum absolute atomic E-state index is 0.471. The van der Waals surface area contributed by atoms with E-state index in [9.17, 15) is 8.42 Å². The molecule has 22 heavy (non-hydrogen) atoms. The van der Waals surface area contributed by atoms with Crippen molar-refractivity contribution in [1.82, 2.24) is 14.9 Å². The lowest BCUT2D eigenvalue weighted by Crippen LogP contribution is -2.40. The number of hydrogen-bond acceptors (Lipinski definition) is 3. The number of rotatable bonds is 7. The number of nitrogens with one attached hydrogen (secondary N) is 2. The SMILES string of the molecule is CCNC(=NCC1CCN(S(C)(=O)=O)CC1)NCCC(C)C. The van der Waals surface area contributed by atoms with Crippen molar-refractivity contribution in [3.63, 3.8) is 0 Å². The van der Waals surface area contributed by atoms with Crippen LogP contribution in [0, 0.1) is 11.8 Å². The summed E-state index contributed by atoms with van der Waals surface area (Å²) in [4.78, 5) is 4.65. The maximum Gasteiger partial charge on any atom is 0.211 e. The number of piperidine rings is 1. The average Bonchev–Trinajstić information content (AvgIpc) is 2.44. The molecule has 7 heteroatoms. The molecule has 1 rings (SSSR count). The van der Waals surface area contributed by atoms with Crippen LogP contribution in [0.25, 0.3) is 0 Å². The molecule has 0 aromatic heterocycles. The molecular weight excluding hydrogens is 300 g/mol. The molecule has 0 atom stereocenters. The molecule has 1 aliphatic heterocycles. The normalized spacial score (nSPS) is 18.7. The van der Waals surface area contributed by atoms with Gasteiger partial charge in [0.25, 0.3) is 0 Å². The van der Waals surface area contributed by atoms with Crippen molar-refractivity contribution in [2.45, 2.75) is 40.0 Å². The summed E-state index contributed by atoms with van der Waals surface area (Å²) in [5.74, 6) is 2.02. The van der Waals surface area contributed by atoms with Gasteiger partial charge >= 0.3 is 0 Å². The first-order valence-electron chi connectivity index (χ1n) is 8.30. The van der Waals surface area contributed by atoms with E-state index < -0.39 is 10.0 Å². The first kappa shape index (κ1) is 19.2. The van der Waals surface area contributed by atoms with Crippen molar-refractivity contribution in [2.24, 2.45) is 16.8 Å². The molecule has 0 unspecified atom stereocenters. The minimum Gasteiger partial charge on any atom is -0.357 e. The quantitative estimate of drug-likeness (QED) is 0.544. The van der Waals surface area contributed by atoms with Gasteiger partial charge < -0.3 is 10.6 Å². The van der Waals surface area contributed by atoms with Gasteiger partial charge in [0.05, 0.1) is 6.26 Å². The van der Waals surface area contributed by atoms with Crippen LogP contribution in [0.15, 0.2) is 4.99 Å². The number of hydrogen-bond donors (Lipinski definition) is 2. The summed E-state index contributed by atoms with van der Waals surface area (Å²) >= 11 is 0. The maximum atomic E-state index is 11.5. The fraction of sp³-hybridized carbons (Fsp3) is 0.933. The minimum atomic E-state index is -3.04. The van der Waals surface area contributed by atoms with Gasteiger partial charge in [0.2, 0.25) is 10.0 Å². The summed E-state index contributed by atoms with van der Waals surface area (Å²) in [6, 6.07) is 0. The third kappa shape index (κ3) is 7.45. The predicted molar refractivity (Wildman–Crippen MR) is 92.6 cm³/mol. The van der Waals surface area contributed by atoms with Crippen LogP contribution in [0.2, 0.25) is 0 Å². The summed E-state index contributed by atoms with van der Waals surface area (Å²) in [6.07, 6.45) is 4.19. The fourth-order valence-electron chi connectivity index (χ4n) is 2.46. The summed E-state index contributed by atoms with van der Waals surface area (Å²) in [5, 5.41) is 6.62. The fourth-order valence-corrected chi connectivity index (χ4v) is 3.34. The molecule has 1 fully saturated rings. The second-order valence-corrected chi connectivity index (χ2v) is 8.42. The Kier molecular flexibility index (Phi) is 8.17. The highest BCUT2D eigenvalue weighted by Crippen LogP contribution is 2.19. The summed E-state index contributed by atoms with van der Waals surface area (Å²) in [5.41, 5.74) is 0. The molecule has 0 bridgehead atoms. The van der Waals surface area contributed by atoms with Crippen LogP contribution in [0.3, 0.4) is 0 Å². The zero-order chi connectivity index (χ0) is 16.6. The first-order chi connectivity index (χ1) is 10.3. The van der Waals surface area contributed by atoms with Crippen LogP contribution in [-0.2, 0) is 10.0 Å². The molecule has 0 aliphatic carbocycles. The Hall–Kier alpha value is -0.820. The number of sulfonamides is 1. The Balaban J connectivity index is 2.40. The lowest BCUT2D eigenvalue weighted by Gasteiger charge is -2.29. The highest BCUT2D eigenvalue weighted by atomic mass is 32.2. The van der Waals surface area contributed by atoms with Gasteiger partial charge in [-0.25, -0.2) is 12.7 Å². The van der Waals surface area contributed by atoms with E-state index in [0.29, 0.717) is 24.9 Å². The van der Waals surface area contributed by atoms with Crippen LogP contribution in [0.4, 0.5) is 0 Å². The molecule has 0 aromatic carbocycles. The number of guanidine groups is 1. The Morgan fingerprint density at radius 1 is 1.27 bits per heavy atom. The van der Waals surface area contributed by atoms with Crippen molar-refractivity contribution in [2.75, 3.05) is 39.0 Å². The summed E-state index contributed by atoms with van der Waals surface area (Å²) in [7, 11) is -3.04. The van der Waals surface area contributed by atoms with Crippen molar-refractivity contribution < 1.29 is 8.42 Å². The van der Waals surface area contributed by atoms with E-state index >= 15 is 0 Å². The zero-order valence-corrected chi connectivity index (χ0v) is 15.2. The molecule has 0 aromatic rings. The van der Waals surface area contributed by atoms with Gasteiger partial charge in [0.1, 0.15) is 0 Å². The molecule has 130 valence electrons. The summed E-state index contributed by atoms with van der Waals surface area (Å²) < 4.78 is 24.6. The molecule has 0 radical (unpaired) electrons. The monoisotopic (exact) mass is 332 g/mol. The van der Waals surface area contributed by atoms with Crippen molar-refractivity contribution in [3.05, 3.63) is 0 Å². The van der Waals surface area contributed by atoms with Crippen molar-refractivity contribution >= 4 is 16.0 Å². The molecule has 2 N–H and O–H groups in total. The molecule has 6 nitrogen and oxygen atoms in total. The van der Waals surface area contributed by atoms with Crippen LogP contribution in [-0.4, -0.2) is 57.7 Å². The Morgan fingerprint density at radius 3 is 2.41 bits per heavy atom. The Bertz CT molecular complexity index is 440. The predicted octanol–water partition coefficient (Wildman–Crippen LogP) is 1.26. The highest BCUT2D eigenvalue weighted by Gasteiger charge is 2.24. The van der Waals surface area contributed by atoms with Crippen molar-refractivity contribution in [3.8, 4) is 0 Å². The Labute approximate surface area is 135 Å². The van der Waals surface area contributed by atoms with E-state index in [4.69, 9.17) is 0 Å². The Morgan fingerprint density at radius 2 is 1.91 bits per heavy atom. The number of aliphatic imine (C=N–C) groups is 1. The average molecular weight is 333 g/mol. The third-order valence-corrected chi connectivity index (χ3v) is 5.21. The van der Waals surface area contributed by atoms with Crippen molar-refractivity contribution in [1.29, 1.82) is 0 Å². The second-order valence-electron chi connectivity index (χ2n) is 6.43. The van der Waals surface area contributed by atoms with Crippen LogP contribution < -0.4 is 10.6 Å². The summed E-state index contributed by atoms with van der Waals surface area (Å²) in [6.45, 7) is 10.3. The van der Waals surface area contributed by atoms with Gasteiger partial charge in [-0.2, -0.15) is 0 Å². The van der Waals surface area contributed by atoms with Crippen LogP contribution in [0.1, 0.15) is 40.0 Å². The second kappa shape index (κ2) is 9.35. The van der Waals surface area contributed by atoms with Gasteiger partial charge in [-0.3, -0.25) is 4.99 Å². The smallest absolute Gasteiger partial charge is 0.211 e. The lowest BCUT2D eigenvalue weighted by atomic mass is 9.98. The molecule has 0 spiro atoms. The van der Waals surface area contributed by atoms with E-state index in [2.05, 4.69) is 36.4 Å². The van der Waals surface area contributed by atoms with Gasteiger partial charge in [0.15, 0.2) is 5.96 Å². The van der Waals surface area contributed by atoms with E-state index in [-0.39, 0.29) is 0 Å². The third-order valence-electron chi connectivity index (χ3n) is 3.91. The van der Waals surface area contributed by atoms with E-state index in [1.165, 1.54) is 6.26 Å². The van der Waals surface area contributed by atoms with Gasteiger partial charge in [0, 0.05) is 32.7 Å². The highest BCUT2D eigenvalue weighted by molar-refractivity contribution is 7.88. The van der Waals surface area contributed by atoms with E-state index in [0.717, 1.165) is 44.9 Å². The van der Waals surface area contributed by atoms with Gasteiger partial charge in [-0.15, -0.1) is 0 Å². The van der Waals surface area contributed by atoms with E-state index in [1.807, 2.05) is 0 Å². The van der Waals surface area contributed by atoms with Crippen LogP contribution in [0.5, 0.6) is 0 Å². The molecule has 1 aliphatic rings. The lowest BCUT2D eigenvalue weighted by molar-refractivity contribution is 0.280. The molecule has 1 heterocycles. The molecular formula is C15H32N4O2S.